The quantitative estimate of drug-likeness (QED) is 0.521. The summed E-state index contributed by atoms with van der Waals surface area (Å²) in [4.78, 5) is 0. The minimum Gasteiger partial charge on any atom is -0.137 e. The summed E-state index contributed by atoms with van der Waals surface area (Å²) in [6.45, 7) is 4.48. The van der Waals surface area contributed by atoms with Crippen molar-refractivity contribution in [2.45, 2.75) is 27.1 Å². The van der Waals surface area contributed by atoms with E-state index >= 15 is 0 Å². The zero-order chi connectivity index (χ0) is 13.9. The first kappa shape index (κ1) is 21.4. The molecule has 0 aliphatic carbocycles. The molecule has 0 bridgehead atoms. The molecule has 0 unspecified atom stereocenters. The maximum Gasteiger partial charge on any atom is 0.105 e. The molecule has 106 valence electrons. The van der Waals surface area contributed by atoms with Crippen LogP contribution in [0.4, 0.5) is 0 Å². The largest absolute Gasteiger partial charge is 0.137 e. The number of thioether (sulfide) groups is 6. The lowest BCUT2D eigenvalue weighted by molar-refractivity contribution is 1.01. The summed E-state index contributed by atoms with van der Waals surface area (Å²) in [7, 11) is 0. The Morgan fingerprint density at radius 1 is 0.647 bits per heavy atom. The molecule has 0 aliphatic heterocycles. The van der Waals surface area contributed by atoms with Crippen LogP contribution in [0.25, 0.3) is 0 Å². The van der Waals surface area contributed by atoms with Gasteiger partial charge in [-0.2, -0.15) is 0 Å². The molecule has 0 amide bonds. The molecule has 0 spiro atoms. The fourth-order valence-electron chi connectivity index (χ4n) is 0.933. The van der Waals surface area contributed by atoms with E-state index < -0.39 is 0 Å². The molecule has 0 nitrogen and oxygen atoms in total. The van der Waals surface area contributed by atoms with Crippen molar-refractivity contribution >= 4 is 70.6 Å². The Morgan fingerprint density at radius 3 is 0.941 bits per heavy atom. The summed E-state index contributed by atoms with van der Waals surface area (Å²) in [6, 6.07) is 0. The third-order valence-electron chi connectivity index (χ3n) is 2.48. The third-order valence-corrected chi connectivity index (χ3v) is 13.4. The number of rotatable bonds is 7. The van der Waals surface area contributed by atoms with Gasteiger partial charge in [0.1, 0.15) is 6.82 Å². The predicted octanol–water partition coefficient (Wildman–Crippen LogP) is 5.89. The van der Waals surface area contributed by atoms with Gasteiger partial charge in [0.15, 0.2) is 0 Å². The fourth-order valence-corrected chi connectivity index (χ4v) is 5.80. The first-order chi connectivity index (χ1) is 7.92. The second-order valence-corrected chi connectivity index (χ2v) is 11.7. The molecule has 0 heterocycles. The second kappa shape index (κ2) is 11.9. The summed E-state index contributed by atoms with van der Waals surface area (Å²) < 4.78 is 0.792. The van der Waals surface area contributed by atoms with Gasteiger partial charge in [-0.05, 0) is 50.9 Å². The van der Waals surface area contributed by atoms with Gasteiger partial charge in [0.05, 0.1) is 0 Å². The van der Waals surface area contributed by atoms with Crippen LogP contribution in [0, 0.1) is 0 Å². The Balaban J connectivity index is 0. The summed E-state index contributed by atoms with van der Waals surface area (Å²) >= 11 is 11.5. The molecular weight excluding hydrogens is 325 g/mol. The van der Waals surface area contributed by atoms with Gasteiger partial charge < -0.3 is 0 Å². The smallest absolute Gasteiger partial charge is 0.105 e. The highest BCUT2D eigenvalue weighted by atomic mass is 32.3. The van der Waals surface area contributed by atoms with Crippen LogP contribution in [0.3, 0.4) is 0 Å². The van der Waals surface area contributed by atoms with Gasteiger partial charge in [-0.15, -0.1) is 70.6 Å². The molecule has 0 radical (unpaired) electrons. The van der Waals surface area contributed by atoms with Crippen molar-refractivity contribution in [3.8, 4) is 0 Å². The summed E-state index contributed by atoms with van der Waals surface area (Å²) in [5, 5.41) is 0. The van der Waals surface area contributed by atoms with Crippen LogP contribution in [-0.4, -0.2) is 44.4 Å². The molecule has 0 saturated carbocycles. The van der Waals surface area contributed by atoms with Crippen LogP contribution >= 0.6 is 70.6 Å². The van der Waals surface area contributed by atoms with E-state index in [0.717, 1.165) is 0 Å². The van der Waals surface area contributed by atoms with Crippen molar-refractivity contribution in [1.82, 2.24) is 0 Å². The van der Waals surface area contributed by atoms with Gasteiger partial charge in [-0.1, -0.05) is 6.92 Å². The van der Waals surface area contributed by atoms with Crippen LogP contribution in [0.2, 0.25) is 0 Å². The maximum absolute atomic E-state index is 2.24. The summed E-state index contributed by atoms with van der Waals surface area (Å²) in [5.41, 5.74) is 0. The first-order valence-electron chi connectivity index (χ1n) is 5.23. The van der Waals surface area contributed by atoms with Gasteiger partial charge in [-0.25, -0.2) is 0 Å². The van der Waals surface area contributed by atoms with Gasteiger partial charge in [0.2, 0.25) is 0 Å². The topological polar surface area (TPSA) is 0 Å². The Hall–Kier alpha value is 2.10. The summed E-state index contributed by atoms with van der Waals surface area (Å²) in [6.07, 6.45) is 14.2. The second-order valence-electron chi connectivity index (χ2n) is 3.12. The van der Waals surface area contributed by atoms with Crippen LogP contribution in [-0.2, 0) is 0 Å². The molecule has 0 N–H and O–H groups in total. The molecular formula is C11H26S6. The van der Waals surface area contributed by atoms with Crippen molar-refractivity contribution in [3.05, 3.63) is 0 Å². The van der Waals surface area contributed by atoms with Crippen molar-refractivity contribution in [2.75, 3.05) is 37.5 Å². The van der Waals surface area contributed by atoms with E-state index in [2.05, 4.69) is 51.4 Å². The molecule has 0 aliphatic rings. The molecule has 0 aromatic heterocycles. The lowest BCUT2D eigenvalue weighted by Crippen LogP contribution is -2.10. The number of hydrogen-bond acceptors (Lipinski definition) is 6. The van der Waals surface area contributed by atoms with E-state index in [4.69, 9.17) is 0 Å². The van der Waals surface area contributed by atoms with E-state index in [9.17, 15) is 0 Å². The highest BCUT2D eigenvalue weighted by molar-refractivity contribution is 8.33. The average Bonchev–Trinajstić information content (AvgIpc) is 2.42. The molecule has 6 heteroatoms. The Morgan fingerprint density at radius 2 is 0.941 bits per heavy atom. The molecule has 0 saturated heterocycles. The van der Waals surface area contributed by atoms with Crippen molar-refractivity contribution in [3.63, 3.8) is 0 Å². The van der Waals surface area contributed by atoms with Crippen LogP contribution in [0.15, 0.2) is 0 Å². The van der Waals surface area contributed by atoms with E-state index in [1.807, 2.05) is 70.6 Å². The summed E-state index contributed by atoms with van der Waals surface area (Å²) in [5.74, 6) is 0. The monoisotopic (exact) mass is 350 g/mol. The molecule has 0 aromatic rings. The minimum absolute atomic E-state index is 0.375. The van der Waals surface area contributed by atoms with E-state index in [1.54, 1.807) is 0 Å². The minimum atomic E-state index is 0.375. The predicted molar refractivity (Wildman–Crippen MR) is 103 cm³/mol. The third kappa shape index (κ3) is 8.79. The van der Waals surface area contributed by atoms with E-state index in [1.165, 1.54) is 6.42 Å². The van der Waals surface area contributed by atoms with Crippen molar-refractivity contribution in [2.24, 2.45) is 0 Å². The Labute approximate surface area is 134 Å². The SMILES string of the molecule is CCC(SC)(SC)SC.CSC(C)(SC)SC. The Kier molecular flexibility index (Phi) is 15.0. The molecule has 0 fully saturated rings. The maximum atomic E-state index is 2.24. The Bertz CT molecular complexity index is 140. The molecule has 17 heavy (non-hydrogen) atoms. The average molecular weight is 351 g/mol. The van der Waals surface area contributed by atoms with Gasteiger partial charge in [0.25, 0.3) is 0 Å². The number of hydrogen-bond donors (Lipinski definition) is 0. The van der Waals surface area contributed by atoms with E-state index in [-0.39, 0.29) is 0 Å². The van der Waals surface area contributed by atoms with Gasteiger partial charge in [-0.3, -0.25) is 0 Å². The van der Waals surface area contributed by atoms with E-state index in [0.29, 0.717) is 6.82 Å². The molecule has 0 atom stereocenters. The first-order valence-corrected chi connectivity index (χ1v) is 12.6. The lowest BCUT2D eigenvalue weighted by Gasteiger charge is -2.25. The van der Waals surface area contributed by atoms with Crippen LogP contribution in [0.1, 0.15) is 20.3 Å². The highest BCUT2D eigenvalue weighted by Crippen LogP contribution is 2.45. The fraction of sp³-hybridized carbons (Fsp3) is 1.00. The van der Waals surface area contributed by atoms with Crippen molar-refractivity contribution < 1.29 is 0 Å². The standard InChI is InChI=1S/C6H14S3.C5H12S3/c1-5-6(7-2,8-3)9-4;1-5(6-2,7-3)8-4/h5H2,1-4H3;1-4H3. The van der Waals surface area contributed by atoms with Crippen LogP contribution in [0.5, 0.6) is 0 Å². The lowest BCUT2D eigenvalue weighted by atomic mass is 10.6. The van der Waals surface area contributed by atoms with Crippen LogP contribution < -0.4 is 0 Å². The molecule has 0 aromatic carbocycles. The zero-order valence-electron chi connectivity index (χ0n) is 12.2. The zero-order valence-corrected chi connectivity index (χ0v) is 17.1. The van der Waals surface area contributed by atoms with Gasteiger partial charge in [0, 0.05) is 0 Å². The highest BCUT2D eigenvalue weighted by Gasteiger charge is 2.23. The van der Waals surface area contributed by atoms with Gasteiger partial charge >= 0.3 is 0 Å². The van der Waals surface area contributed by atoms with Crippen molar-refractivity contribution in [1.29, 1.82) is 0 Å². The normalized spacial score (nSPS) is 12.0. The molecule has 0 rings (SSSR count).